The summed E-state index contributed by atoms with van der Waals surface area (Å²) in [4.78, 5) is 2.62. The van der Waals surface area contributed by atoms with E-state index in [-0.39, 0.29) is 0 Å². The first-order valence-electron chi connectivity index (χ1n) is 7.52. The normalized spacial score (nSPS) is 20.5. The molecule has 0 aromatic heterocycles. The number of nitrogens with one attached hydrogen (secondary N) is 1. The van der Waals surface area contributed by atoms with Crippen molar-refractivity contribution in [2.24, 2.45) is 0 Å². The molecule has 0 aliphatic carbocycles. The van der Waals surface area contributed by atoms with Gasteiger partial charge in [0.25, 0.3) is 0 Å². The first-order valence-corrected chi connectivity index (χ1v) is 8.96. The third-order valence-corrected chi connectivity index (χ3v) is 6.47. The van der Waals surface area contributed by atoms with Gasteiger partial charge in [-0.2, -0.15) is 4.31 Å². The summed E-state index contributed by atoms with van der Waals surface area (Å²) >= 11 is 0. The Morgan fingerprint density at radius 3 is 2.62 bits per heavy atom. The third kappa shape index (κ3) is 2.80. The van der Waals surface area contributed by atoms with Gasteiger partial charge in [-0.1, -0.05) is 0 Å². The van der Waals surface area contributed by atoms with Gasteiger partial charge in [-0.15, -0.1) is 0 Å². The number of rotatable bonds is 3. The van der Waals surface area contributed by atoms with Gasteiger partial charge in [-0.25, -0.2) is 8.42 Å². The minimum Gasteiger partial charge on any atom is -0.384 e. The fourth-order valence-electron chi connectivity index (χ4n) is 3.19. The highest BCUT2D eigenvalue weighted by atomic mass is 32.2. The standard InChI is InChI=1S/C15H23N3O2S/c1-17(2)13-6-9-18(10-7-13)21(19,20)14-3-4-15-12(11-14)5-8-16-15/h3-4,11,13,16H,5-10H2,1-2H3. The zero-order valence-electron chi connectivity index (χ0n) is 12.7. The number of sulfonamides is 1. The van der Waals surface area contributed by atoms with E-state index < -0.39 is 10.0 Å². The molecule has 0 radical (unpaired) electrons. The van der Waals surface area contributed by atoms with Gasteiger partial charge in [-0.3, -0.25) is 0 Å². The van der Waals surface area contributed by atoms with E-state index >= 15 is 0 Å². The molecule has 2 heterocycles. The van der Waals surface area contributed by atoms with E-state index in [0.29, 0.717) is 24.0 Å². The third-order valence-electron chi connectivity index (χ3n) is 4.58. The van der Waals surface area contributed by atoms with Crippen LogP contribution in [0, 0.1) is 0 Å². The predicted molar refractivity (Wildman–Crippen MR) is 84.1 cm³/mol. The molecule has 1 saturated heterocycles. The van der Waals surface area contributed by atoms with Crippen LogP contribution >= 0.6 is 0 Å². The van der Waals surface area contributed by atoms with Crippen molar-refractivity contribution in [2.75, 3.05) is 39.0 Å². The average molecular weight is 309 g/mol. The molecule has 1 aromatic rings. The molecule has 0 amide bonds. The minimum atomic E-state index is -3.35. The Morgan fingerprint density at radius 1 is 1.24 bits per heavy atom. The molecule has 2 aliphatic rings. The number of nitrogens with zero attached hydrogens (tertiary/aromatic N) is 2. The van der Waals surface area contributed by atoms with Gasteiger partial charge < -0.3 is 10.2 Å². The predicted octanol–water partition coefficient (Wildman–Crippen LogP) is 1.37. The highest BCUT2D eigenvalue weighted by molar-refractivity contribution is 7.89. The summed E-state index contributed by atoms with van der Waals surface area (Å²) in [6, 6.07) is 5.94. The maximum absolute atomic E-state index is 12.8. The lowest BCUT2D eigenvalue weighted by Crippen LogP contribution is -2.44. The van der Waals surface area contributed by atoms with E-state index in [2.05, 4.69) is 24.3 Å². The number of fused-ring (bicyclic) bond motifs is 1. The molecule has 5 nitrogen and oxygen atoms in total. The zero-order chi connectivity index (χ0) is 15.0. The molecule has 0 unspecified atom stereocenters. The Morgan fingerprint density at radius 2 is 1.95 bits per heavy atom. The van der Waals surface area contributed by atoms with Gasteiger partial charge >= 0.3 is 0 Å². The lowest BCUT2D eigenvalue weighted by molar-refractivity contribution is 0.196. The monoisotopic (exact) mass is 309 g/mol. The summed E-state index contributed by atoms with van der Waals surface area (Å²) < 4.78 is 27.1. The molecule has 116 valence electrons. The lowest BCUT2D eigenvalue weighted by Gasteiger charge is -2.34. The van der Waals surface area contributed by atoms with Gasteiger partial charge in [0.05, 0.1) is 4.90 Å². The van der Waals surface area contributed by atoms with Crippen molar-refractivity contribution in [1.29, 1.82) is 0 Å². The maximum Gasteiger partial charge on any atom is 0.243 e. The van der Waals surface area contributed by atoms with Crippen molar-refractivity contribution in [1.82, 2.24) is 9.21 Å². The second kappa shape index (κ2) is 5.59. The Kier molecular flexibility index (Phi) is 3.94. The number of benzene rings is 1. The minimum absolute atomic E-state index is 0.438. The second-order valence-corrected chi connectivity index (χ2v) is 8.03. The Balaban J connectivity index is 1.78. The number of hydrogen-bond donors (Lipinski definition) is 1. The van der Waals surface area contributed by atoms with E-state index in [0.717, 1.165) is 37.1 Å². The van der Waals surface area contributed by atoms with E-state index in [1.807, 2.05) is 12.1 Å². The Bertz CT molecular complexity index is 620. The van der Waals surface area contributed by atoms with Crippen molar-refractivity contribution in [2.45, 2.75) is 30.2 Å². The number of anilines is 1. The fraction of sp³-hybridized carbons (Fsp3) is 0.600. The molecule has 0 saturated carbocycles. The van der Waals surface area contributed by atoms with Crippen molar-refractivity contribution < 1.29 is 8.42 Å². The first-order chi connectivity index (χ1) is 9.98. The molecule has 21 heavy (non-hydrogen) atoms. The summed E-state index contributed by atoms with van der Waals surface area (Å²) in [5.41, 5.74) is 2.18. The van der Waals surface area contributed by atoms with E-state index in [9.17, 15) is 8.42 Å². The van der Waals surface area contributed by atoms with Crippen molar-refractivity contribution in [3.8, 4) is 0 Å². The van der Waals surface area contributed by atoms with Crippen LogP contribution in [-0.2, 0) is 16.4 Å². The lowest BCUT2D eigenvalue weighted by atomic mass is 10.1. The Labute approximate surface area is 127 Å². The van der Waals surface area contributed by atoms with E-state index in [1.165, 1.54) is 0 Å². The largest absolute Gasteiger partial charge is 0.384 e. The molecular weight excluding hydrogens is 286 g/mol. The summed E-state index contributed by atoms with van der Waals surface area (Å²) in [6.45, 7) is 2.12. The molecule has 1 N–H and O–H groups in total. The first kappa shape index (κ1) is 14.8. The van der Waals surface area contributed by atoms with Crippen LogP contribution in [0.3, 0.4) is 0 Å². The van der Waals surface area contributed by atoms with Gasteiger partial charge in [0.15, 0.2) is 0 Å². The number of hydrogen-bond acceptors (Lipinski definition) is 4. The van der Waals surface area contributed by atoms with Gasteiger partial charge in [0, 0.05) is 31.4 Å². The average Bonchev–Trinajstić information content (AvgIpc) is 2.94. The van der Waals surface area contributed by atoms with Crippen LogP contribution in [0.2, 0.25) is 0 Å². The van der Waals surface area contributed by atoms with E-state index in [1.54, 1.807) is 10.4 Å². The smallest absolute Gasteiger partial charge is 0.243 e. The van der Waals surface area contributed by atoms with Crippen molar-refractivity contribution >= 4 is 15.7 Å². The summed E-state index contributed by atoms with van der Waals surface area (Å²) in [6.07, 6.45) is 2.71. The maximum atomic E-state index is 12.8. The molecule has 3 rings (SSSR count). The second-order valence-electron chi connectivity index (χ2n) is 6.09. The molecule has 0 bridgehead atoms. The Hall–Kier alpha value is -1.11. The molecule has 1 fully saturated rings. The quantitative estimate of drug-likeness (QED) is 0.916. The van der Waals surface area contributed by atoms with Gasteiger partial charge in [0.1, 0.15) is 0 Å². The zero-order valence-corrected chi connectivity index (χ0v) is 13.5. The summed E-state index contributed by atoms with van der Waals surface area (Å²) in [5, 5.41) is 3.26. The SMILES string of the molecule is CN(C)C1CCN(S(=O)(=O)c2ccc3c(c2)CCN3)CC1. The van der Waals surface area contributed by atoms with Gasteiger partial charge in [0.2, 0.25) is 10.0 Å². The van der Waals surface area contributed by atoms with Crippen molar-refractivity contribution in [3.05, 3.63) is 23.8 Å². The van der Waals surface area contributed by atoms with Crippen LogP contribution in [-0.4, -0.2) is 57.4 Å². The topological polar surface area (TPSA) is 52.7 Å². The molecule has 1 aromatic carbocycles. The summed E-state index contributed by atoms with van der Waals surface area (Å²) in [7, 11) is 0.770. The van der Waals surface area contributed by atoms with Crippen LogP contribution in [0.5, 0.6) is 0 Å². The summed E-state index contributed by atoms with van der Waals surface area (Å²) in [5.74, 6) is 0. The molecule has 0 atom stereocenters. The number of piperidine rings is 1. The van der Waals surface area contributed by atoms with Crippen LogP contribution in [0.15, 0.2) is 23.1 Å². The molecular formula is C15H23N3O2S. The van der Waals surface area contributed by atoms with E-state index in [4.69, 9.17) is 0 Å². The highest BCUT2D eigenvalue weighted by Crippen LogP contribution is 2.28. The van der Waals surface area contributed by atoms with Crippen LogP contribution < -0.4 is 5.32 Å². The molecule has 6 heteroatoms. The molecule has 0 spiro atoms. The fourth-order valence-corrected chi connectivity index (χ4v) is 4.71. The van der Waals surface area contributed by atoms with Crippen LogP contribution in [0.25, 0.3) is 0 Å². The van der Waals surface area contributed by atoms with Crippen molar-refractivity contribution in [3.63, 3.8) is 0 Å². The highest BCUT2D eigenvalue weighted by Gasteiger charge is 2.30. The van der Waals surface area contributed by atoms with Crippen LogP contribution in [0.1, 0.15) is 18.4 Å². The molecule has 2 aliphatic heterocycles. The van der Waals surface area contributed by atoms with Gasteiger partial charge in [-0.05, 0) is 57.1 Å². The van der Waals surface area contributed by atoms with Crippen LogP contribution in [0.4, 0.5) is 5.69 Å².